The molecule has 6 heteroatoms. The highest BCUT2D eigenvalue weighted by molar-refractivity contribution is 9.10. The number of halogens is 2. The van der Waals surface area contributed by atoms with Crippen LogP contribution in [0.4, 0.5) is 0 Å². The largest absolute Gasteiger partial charge is 0.481 e. The number of hydrogen-bond acceptors (Lipinski definition) is 3. The first-order valence-electron chi connectivity index (χ1n) is 7.10. The van der Waals surface area contributed by atoms with Crippen LogP contribution >= 0.6 is 27.5 Å². The van der Waals surface area contributed by atoms with Crippen LogP contribution in [-0.2, 0) is 4.79 Å². The lowest BCUT2D eigenvalue weighted by atomic mass is 10.1. The van der Waals surface area contributed by atoms with Gasteiger partial charge in [0.15, 0.2) is 0 Å². The van der Waals surface area contributed by atoms with Crippen molar-refractivity contribution in [3.63, 3.8) is 0 Å². The minimum Gasteiger partial charge on any atom is -0.481 e. The Morgan fingerprint density at radius 1 is 1.38 bits per heavy atom. The number of piperazine rings is 1. The minimum absolute atomic E-state index is 0.216. The summed E-state index contributed by atoms with van der Waals surface area (Å²) in [5.74, 6) is -0.729. The third-order valence-corrected chi connectivity index (χ3v) is 4.83. The summed E-state index contributed by atoms with van der Waals surface area (Å²) in [5, 5.41) is 9.51. The predicted octanol–water partition coefficient (Wildman–Crippen LogP) is 3.26. The molecule has 1 aromatic rings. The third-order valence-electron chi connectivity index (χ3n) is 4.01. The van der Waals surface area contributed by atoms with Gasteiger partial charge in [-0.2, -0.15) is 0 Å². The van der Waals surface area contributed by atoms with Crippen molar-refractivity contribution in [2.45, 2.75) is 19.4 Å². The molecule has 1 unspecified atom stereocenters. The zero-order chi connectivity index (χ0) is 15.4. The van der Waals surface area contributed by atoms with E-state index in [0.29, 0.717) is 6.54 Å². The molecule has 1 fully saturated rings. The van der Waals surface area contributed by atoms with E-state index in [2.05, 4.69) is 38.7 Å². The second-order valence-corrected chi connectivity index (χ2v) is 6.69. The van der Waals surface area contributed by atoms with Crippen LogP contribution in [0.15, 0.2) is 22.7 Å². The molecule has 1 saturated heterocycles. The van der Waals surface area contributed by atoms with Crippen molar-refractivity contribution in [3.8, 4) is 0 Å². The number of rotatable bonds is 5. The molecule has 0 bridgehead atoms. The summed E-state index contributed by atoms with van der Waals surface area (Å²) in [6, 6.07) is 6.28. The Morgan fingerprint density at radius 3 is 2.62 bits per heavy atom. The maximum absolute atomic E-state index is 10.6. The first-order valence-corrected chi connectivity index (χ1v) is 8.27. The van der Waals surface area contributed by atoms with E-state index < -0.39 is 5.97 Å². The van der Waals surface area contributed by atoms with E-state index in [0.717, 1.165) is 41.2 Å². The van der Waals surface area contributed by atoms with Crippen LogP contribution in [0.1, 0.15) is 24.9 Å². The topological polar surface area (TPSA) is 43.8 Å². The van der Waals surface area contributed by atoms with Gasteiger partial charge in [0.1, 0.15) is 0 Å². The maximum Gasteiger partial charge on any atom is 0.304 e. The quantitative estimate of drug-likeness (QED) is 0.858. The molecule has 0 amide bonds. The number of carbonyl (C=O) groups is 1. The van der Waals surface area contributed by atoms with Crippen LogP contribution in [0.5, 0.6) is 0 Å². The number of aliphatic carboxylic acids is 1. The lowest BCUT2D eigenvalue weighted by Crippen LogP contribution is -2.47. The summed E-state index contributed by atoms with van der Waals surface area (Å²) in [7, 11) is 0. The molecule has 1 aliphatic rings. The van der Waals surface area contributed by atoms with Gasteiger partial charge in [-0.25, -0.2) is 0 Å². The molecule has 0 aromatic heterocycles. The molecule has 0 spiro atoms. The van der Waals surface area contributed by atoms with Crippen LogP contribution in [0.3, 0.4) is 0 Å². The number of carboxylic acid groups (broad SMARTS) is 1. The van der Waals surface area contributed by atoms with Gasteiger partial charge in [-0.3, -0.25) is 9.69 Å². The molecular weight excluding hydrogens is 356 g/mol. The van der Waals surface area contributed by atoms with Gasteiger partial charge in [-0.15, -0.1) is 0 Å². The SMILES string of the molecule is CC(c1ccc(Br)cc1Cl)N1CCN(CCC(=O)O)CC1. The Labute approximate surface area is 138 Å². The first kappa shape index (κ1) is 16.7. The van der Waals surface area contributed by atoms with Gasteiger partial charge >= 0.3 is 5.97 Å². The Hall–Kier alpha value is -0.620. The van der Waals surface area contributed by atoms with Crippen molar-refractivity contribution in [3.05, 3.63) is 33.3 Å². The summed E-state index contributed by atoms with van der Waals surface area (Å²) >= 11 is 9.75. The molecule has 0 radical (unpaired) electrons. The number of benzene rings is 1. The summed E-state index contributed by atoms with van der Waals surface area (Å²) < 4.78 is 0.988. The molecule has 1 aliphatic heterocycles. The zero-order valence-corrected chi connectivity index (χ0v) is 14.4. The Morgan fingerprint density at radius 2 is 2.05 bits per heavy atom. The number of carboxylic acids is 1. The monoisotopic (exact) mass is 374 g/mol. The van der Waals surface area contributed by atoms with Crippen molar-refractivity contribution in [2.75, 3.05) is 32.7 Å². The van der Waals surface area contributed by atoms with Crippen LogP contribution in [-0.4, -0.2) is 53.6 Å². The predicted molar refractivity (Wildman–Crippen MR) is 87.8 cm³/mol. The second kappa shape index (κ2) is 7.58. The fourth-order valence-electron chi connectivity index (χ4n) is 2.67. The molecule has 2 rings (SSSR count). The van der Waals surface area contributed by atoms with Crippen LogP contribution < -0.4 is 0 Å². The second-order valence-electron chi connectivity index (χ2n) is 5.36. The van der Waals surface area contributed by atoms with Gasteiger partial charge in [0.2, 0.25) is 0 Å². The average molecular weight is 376 g/mol. The third kappa shape index (κ3) is 4.68. The Kier molecular flexibility index (Phi) is 6.05. The van der Waals surface area contributed by atoms with E-state index in [1.165, 1.54) is 0 Å². The summed E-state index contributed by atoms with van der Waals surface area (Å²) in [6.45, 7) is 6.50. The first-order chi connectivity index (χ1) is 9.97. The Balaban J connectivity index is 1.90. The molecule has 4 nitrogen and oxygen atoms in total. The molecule has 116 valence electrons. The number of hydrogen-bond donors (Lipinski definition) is 1. The zero-order valence-electron chi connectivity index (χ0n) is 12.1. The minimum atomic E-state index is -0.729. The molecule has 0 saturated carbocycles. The fraction of sp³-hybridized carbons (Fsp3) is 0.533. The van der Waals surface area contributed by atoms with Gasteiger partial charge in [0.05, 0.1) is 6.42 Å². The van der Waals surface area contributed by atoms with Gasteiger partial charge in [-0.05, 0) is 24.6 Å². The van der Waals surface area contributed by atoms with Crippen LogP contribution in [0.25, 0.3) is 0 Å². The molecule has 21 heavy (non-hydrogen) atoms. The molecule has 1 heterocycles. The molecular formula is C15H20BrClN2O2. The molecule has 1 atom stereocenters. The van der Waals surface area contributed by atoms with E-state index in [4.69, 9.17) is 16.7 Å². The van der Waals surface area contributed by atoms with Crippen LogP contribution in [0.2, 0.25) is 5.02 Å². The van der Waals surface area contributed by atoms with E-state index in [-0.39, 0.29) is 12.5 Å². The number of nitrogens with zero attached hydrogens (tertiary/aromatic N) is 2. The van der Waals surface area contributed by atoms with E-state index >= 15 is 0 Å². The Bertz CT molecular complexity index is 504. The van der Waals surface area contributed by atoms with Crippen LogP contribution in [0, 0.1) is 0 Å². The highest BCUT2D eigenvalue weighted by Crippen LogP contribution is 2.30. The summed E-state index contributed by atoms with van der Waals surface area (Å²) in [6.07, 6.45) is 0.216. The van der Waals surface area contributed by atoms with Crippen molar-refractivity contribution in [1.29, 1.82) is 0 Å². The molecule has 1 N–H and O–H groups in total. The van der Waals surface area contributed by atoms with Crippen molar-refractivity contribution in [1.82, 2.24) is 9.80 Å². The standard InChI is InChI=1S/C15H20BrClN2O2/c1-11(13-3-2-12(16)10-14(13)17)19-8-6-18(7-9-19)5-4-15(20)21/h2-3,10-11H,4-9H2,1H3,(H,20,21). The summed E-state index contributed by atoms with van der Waals surface area (Å²) in [4.78, 5) is 15.2. The van der Waals surface area contributed by atoms with Gasteiger partial charge in [0, 0.05) is 48.3 Å². The van der Waals surface area contributed by atoms with Gasteiger partial charge < -0.3 is 10.0 Å². The van der Waals surface area contributed by atoms with Crippen molar-refractivity contribution >= 4 is 33.5 Å². The molecule has 1 aromatic carbocycles. The fourth-order valence-corrected chi connectivity index (χ4v) is 3.50. The molecule has 0 aliphatic carbocycles. The average Bonchev–Trinajstić information content (AvgIpc) is 2.45. The smallest absolute Gasteiger partial charge is 0.304 e. The highest BCUT2D eigenvalue weighted by atomic mass is 79.9. The lowest BCUT2D eigenvalue weighted by Gasteiger charge is -2.38. The van der Waals surface area contributed by atoms with Gasteiger partial charge in [-0.1, -0.05) is 33.6 Å². The van der Waals surface area contributed by atoms with E-state index in [9.17, 15) is 4.79 Å². The van der Waals surface area contributed by atoms with Gasteiger partial charge in [0.25, 0.3) is 0 Å². The normalized spacial score (nSPS) is 18.6. The van der Waals surface area contributed by atoms with Crippen molar-refractivity contribution < 1.29 is 9.90 Å². The highest BCUT2D eigenvalue weighted by Gasteiger charge is 2.23. The van der Waals surface area contributed by atoms with Crippen molar-refractivity contribution in [2.24, 2.45) is 0 Å². The summed E-state index contributed by atoms with van der Waals surface area (Å²) in [5.41, 5.74) is 1.14. The van der Waals surface area contributed by atoms with E-state index in [1.807, 2.05) is 12.1 Å². The van der Waals surface area contributed by atoms with E-state index in [1.54, 1.807) is 0 Å². The maximum atomic E-state index is 10.6. The lowest BCUT2D eigenvalue weighted by molar-refractivity contribution is -0.137.